The smallest absolute Gasteiger partial charge is 0.211 e. The van der Waals surface area contributed by atoms with Gasteiger partial charge >= 0.3 is 0 Å². The number of halogens is 2. The Kier molecular flexibility index (Phi) is 5.47. The second-order valence-corrected chi connectivity index (χ2v) is 8.52. The lowest BCUT2D eigenvalue weighted by Gasteiger charge is -2.04. The van der Waals surface area contributed by atoms with Gasteiger partial charge in [-0.25, -0.2) is 0 Å². The van der Waals surface area contributed by atoms with Crippen LogP contribution in [0.5, 0.6) is 0 Å². The lowest BCUT2D eigenvalue weighted by Crippen LogP contribution is -2.03. The molecule has 4 aromatic rings. The molecule has 0 spiro atoms. The number of aryl methyl sites for hydroxylation is 1. The Bertz CT molecular complexity index is 1120. The van der Waals surface area contributed by atoms with Gasteiger partial charge in [-0.2, -0.15) is 10.2 Å². The van der Waals surface area contributed by atoms with Crippen LogP contribution in [0.25, 0.3) is 0 Å². The lowest BCUT2D eigenvalue weighted by atomic mass is 10.2. The van der Waals surface area contributed by atoms with E-state index in [1.807, 2.05) is 59.7 Å². The largest absolute Gasteiger partial charge is 0.313 e. The summed E-state index contributed by atoms with van der Waals surface area (Å²) in [6.07, 6.45) is 1.90. The summed E-state index contributed by atoms with van der Waals surface area (Å²) in [6, 6.07) is 9.65. The molecule has 0 radical (unpaired) electrons. The van der Waals surface area contributed by atoms with Gasteiger partial charge in [0.2, 0.25) is 5.13 Å². The second-order valence-electron chi connectivity index (χ2n) is 6.26. The summed E-state index contributed by atoms with van der Waals surface area (Å²) >= 11 is 11.2. The number of hydrogen-bond donors (Lipinski definition) is 1. The van der Waals surface area contributed by atoms with Crippen molar-refractivity contribution in [2.75, 3.05) is 5.32 Å². The van der Waals surface area contributed by atoms with E-state index in [2.05, 4.69) is 41.6 Å². The summed E-state index contributed by atoms with van der Waals surface area (Å²) in [4.78, 5) is 0. The van der Waals surface area contributed by atoms with Gasteiger partial charge < -0.3 is 5.32 Å². The molecule has 0 saturated heterocycles. The van der Waals surface area contributed by atoms with E-state index in [0.717, 1.165) is 31.5 Å². The second kappa shape index (κ2) is 8.02. The maximum Gasteiger partial charge on any atom is 0.211 e. The molecular weight excluding hydrogens is 462 g/mol. The third kappa shape index (κ3) is 4.11. The number of benzene rings is 1. The standard InChI is InChI=1S/C18H17BrClN7S/c1-11-17(19)12(2)27(24-11)10-16-22-23-18(28-16)21-15-7-8-26(25-15)9-13-5-3-4-6-14(13)20/h3-8H,9-10H2,1-2H3,(H,21,23,25). The van der Waals surface area contributed by atoms with Crippen molar-refractivity contribution < 1.29 is 0 Å². The van der Waals surface area contributed by atoms with Gasteiger partial charge in [0, 0.05) is 17.3 Å². The van der Waals surface area contributed by atoms with E-state index in [-0.39, 0.29) is 0 Å². The molecule has 0 aliphatic rings. The highest BCUT2D eigenvalue weighted by Gasteiger charge is 2.12. The van der Waals surface area contributed by atoms with Crippen molar-refractivity contribution in [3.63, 3.8) is 0 Å². The van der Waals surface area contributed by atoms with Crippen LogP contribution in [-0.2, 0) is 13.1 Å². The summed E-state index contributed by atoms with van der Waals surface area (Å²) < 4.78 is 4.78. The predicted molar refractivity (Wildman–Crippen MR) is 114 cm³/mol. The van der Waals surface area contributed by atoms with Crippen LogP contribution in [0.4, 0.5) is 10.9 Å². The van der Waals surface area contributed by atoms with Gasteiger partial charge in [-0.05, 0) is 41.4 Å². The molecule has 4 rings (SSSR count). The number of aromatic nitrogens is 6. The van der Waals surface area contributed by atoms with Gasteiger partial charge in [0.25, 0.3) is 0 Å². The minimum absolute atomic E-state index is 0.582. The van der Waals surface area contributed by atoms with E-state index >= 15 is 0 Å². The maximum absolute atomic E-state index is 6.22. The Morgan fingerprint density at radius 3 is 2.68 bits per heavy atom. The lowest BCUT2D eigenvalue weighted by molar-refractivity contribution is 0.651. The molecule has 0 amide bonds. The Labute approximate surface area is 179 Å². The molecule has 3 aromatic heterocycles. The first-order valence-corrected chi connectivity index (χ1v) is 10.5. The van der Waals surface area contributed by atoms with Gasteiger partial charge in [0.15, 0.2) is 5.82 Å². The zero-order chi connectivity index (χ0) is 19.7. The molecule has 1 N–H and O–H groups in total. The van der Waals surface area contributed by atoms with Crippen molar-refractivity contribution >= 4 is 49.8 Å². The molecule has 144 valence electrons. The van der Waals surface area contributed by atoms with E-state index in [0.29, 0.717) is 24.0 Å². The first-order chi connectivity index (χ1) is 13.5. The van der Waals surface area contributed by atoms with Crippen molar-refractivity contribution in [2.24, 2.45) is 0 Å². The fourth-order valence-electron chi connectivity index (χ4n) is 2.75. The van der Waals surface area contributed by atoms with Crippen LogP contribution in [0.3, 0.4) is 0 Å². The Balaban J connectivity index is 1.42. The first kappa shape index (κ1) is 19.1. The summed E-state index contributed by atoms with van der Waals surface area (Å²) in [5.74, 6) is 0.712. The Morgan fingerprint density at radius 1 is 1.11 bits per heavy atom. The molecule has 0 unspecified atom stereocenters. The highest BCUT2D eigenvalue weighted by Crippen LogP contribution is 2.24. The SMILES string of the molecule is Cc1nn(Cc2nnc(Nc3ccn(Cc4ccccc4Cl)n3)s2)c(C)c1Br. The molecule has 28 heavy (non-hydrogen) atoms. The van der Waals surface area contributed by atoms with Gasteiger partial charge in [0.05, 0.1) is 29.0 Å². The van der Waals surface area contributed by atoms with Crippen molar-refractivity contribution in [1.82, 2.24) is 29.8 Å². The Hall–Kier alpha value is -2.23. The van der Waals surface area contributed by atoms with Crippen molar-refractivity contribution in [2.45, 2.75) is 26.9 Å². The monoisotopic (exact) mass is 477 g/mol. The van der Waals surface area contributed by atoms with Crippen molar-refractivity contribution in [1.29, 1.82) is 0 Å². The third-order valence-corrected chi connectivity index (χ3v) is 6.55. The molecule has 0 fully saturated rings. The topological polar surface area (TPSA) is 73.5 Å². The fourth-order valence-corrected chi connectivity index (χ4v) is 3.96. The van der Waals surface area contributed by atoms with Crippen LogP contribution >= 0.6 is 38.9 Å². The molecule has 7 nitrogen and oxygen atoms in total. The number of rotatable bonds is 6. The summed E-state index contributed by atoms with van der Waals surface area (Å²) in [5.41, 5.74) is 3.05. The summed E-state index contributed by atoms with van der Waals surface area (Å²) in [5, 5.41) is 23.0. The van der Waals surface area contributed by atoms with E-state index in [1.54, 1.807) is 0 Å². The quantitative estimate of drug-likeness (QED) is 0.431. The van der Waals surface area contributed by atoms with E-state index in [9.17, 15) is 0 Å². The number of anilines is 2. The third-order valence-electron chi connectivity index (χ3n) is 4.21. The van der Waals surface area contributed by atoms with Crippen molar-refractivity contribution in [3.8, 4) is 0 Å². The minimum atomic E-state index is 0.582. The molecule has 0 aliphatic heterocycles. The predicted octanol–water partition coefficient (Wildman–Crippen LogP) is 4.80. The number of nitrogens with zero attached hydrogens (tertiary/aromatic N) is 6. The highest BCUT2D eigenvalue weighted by atomic mass is 79.9. The minimum Gasteiger partial charge on any atom is -0.313 e. The van der Waals surface area contributed by atoms with Crippen molar-refractivity contribution in [3.05, 3.63) is 68.0 Å². The first-order valence-electron chi connectivity index (χ1n) is 8.55. The van der Waals surface area contributed by atoms with Crippen LogP contribution in [0.15, 0.2) is 41.0 Å². The van der Waals surface area contributed by atoms with Crippen LogP contribution < -0.4 is 5.32 Å². The molecule has 0 aliphatic carbocycles. The van der Waals surface area contributed by atoms with E-state index in [4.69, 9.17) is 11.6 Å². The van der Waals surface area contributed by atoms with Crippen LogP contribution in [0, 0.1) is 13.8 Å². The number of hydrogen-bond acceptors (Lipinski definition) is 6. The van der Waals surface area contributed by atoms with Crippen LogP contribution in [0.2, 0.25) is 5.02 Å². The average Bonchev–Trinajstić information content (AvgIpc) is 3.36. The highest BCUT2D eigenvalue weighted by molar-refractivity contribution is 9.10. The normalized spacial score (nSPS) is 11.1. The summed E-state index contributed by atoms with van der Waals surface area (Å²) in [7, 11) is 0. The zero-order valence-electron chi connectivity index (χ0n) is 15.2. The number of nitrogens with one attached hydrogen (secondary N) is 1. The van der Waals surface area contributed by atoms with Gasteiger partial charge in [-0.1, -0.05) is 41.1 Å². The maximum atomic E-state index is 6.22. The molecule has 3 heterocycles. The molecular formula is C18H17BrClN7S. The van der Waals surface area contributed by atoms with Crippen LogP contribution in [0.1, 0.15) is 22.0 Å². The average molecular weight is 479 g/mol. The molecule has 1 aromatic carbocycles. The Morgan fingerprint density at radius 2 is 1.93 bits per heavy atom. The van der Waals surface area contributed by atoms with E-state index in [1.165, 1.54) is 11.3 Å². The summed E-state index contributed by atoms with van der Waals surface area (Å²) in [6.45, 7) is 5.18. The zero-order valence-corrected chi connectivity index (χ0v) is 18.4. The fraction of sp³-hybridized carbons (Fsp3) is 0.222. The van der Waals surface area contributed by atoms with E-state index < -0.39 is 0 Å². The molecule has 0 bridgehead atoms. The van der Waals surface area contributed by atoms with Gasteiger partial charge in [-0.15, -0.1) is 10.2 Å². The van der Waals surface area contributed by atoms with Gasteiger partial charge in [-0.3, -0.25) is 9.36 Å². The molecule has 0 saturated carbocycles. The molecule has 0 atom stereocenters. The molecule has 10 heteroatoms. The van der Waals surface area contributed by atoms with Gasteiger partial charge in [0.1, 0.15) is 5.01 Å². The van der Waals surface area contributed by atoms with Crippen LogP contribution in [-0.4, -0.2) is 29.8 Å².